The van der Waals surface area contributed by atoms with E-state index in [1.807, 2.05) is 12.1 Å². The van der Waals surface area contributed by atoms with Gasteiger partial charge in [-0.25, -0.2) is 14.6 Å². The molecular formula is C19H19N3O5. The Kier molecular flexibility index (Phi) is 5.07. The number of esters is 1. The summed E-state index contributed by atoms with van der Waals surface area (Å²) in [6.07, 6.45) is 0. The maximum Gasteiger partial charge on any atom is 0.339 e. The van der Waals surface area contributed by atoms with E-state index in [2.05, 4.69) is 9.97 Å². The van der Waals surface area contributed by atoms with Gasteiger partial charge in [-0.2, -0.15) is 0 Å². The standard InChI is InChI=1S/C19H19N3O5/c1-4-27-18(24)14-9-15-16(20-11(14)2)22(19(25)21-17(15)23)10-12-5-7-13(26-3)8-6-12/h5-9H,4,10H2,1-3H3,(H,21,23,25). The number of hydrogen-bond acceptors (Lipinski definition) is 6. The number of aromatic amines is 1. The van der Waals surface area contributed by atoms with Crippen LogP contribution in [-0.2, 0) is 11.3 Å². The summed E-state index contributed by atoms with van der Waals surface area (Å²) < 4.78 is 11.5. The summed E-state index contributed by atoms with van der Waals surface area (Å²) in [4.78, 5) is 43.3. The number of hydrogen-bond donors (Lipinski definition) is 1. The third kappa shape index (κ3) is 3.59. The zero-order valence-electron chi connectivity index (χ0n) is 15.2. The van der Waals surface area contributed by atoms with E-state index in [1.165, 1.54) is 10.6 Å². The molecule has 0 aliphatic carbocycles. The number of nitrogens with one attached hydrogen (secondary N) is 1. The monoisotopic (exact) mass is 369 g/mol. The number of H-pyrrole nitrogens is 1. The molecule has 1 N–H and O–H groups in total. The number of nitrogens with zero attached hydrogens (tertiary/aromatic N) is 2. The predicted molar refractivity (Wildman–Crippen MR) is 99.4 cm³/mol. The number of ether oxygens (including phenoxy) is 2. The van der Waals surface area contributed by atoms with Crippen molar-refractivity contribution in [2.45, 2.75) is 20.4 Å². The van der Waals surface area contributed by atoms with E-state index in [-0.39, 0.29) is 29.7 Å². The second-order valence-corrected chi connectivity index (χ2v) is 5.91. The van der Waals surface area contributed by atoms with Crippen molar-refractivity contribution in [3.05, 3.63) is 68.0 Å². The highest BCUT2D eigenvalue weighted by Crippen LogP contribution is 2.16. The fourth-order valence-corrected chi connectivity index (χ4v) is 2.77. The highest BCUT2D eigenvalue weighted by molar-refractivity contribution is 5.94. The van der Waals surface area contributed by atoms with E-state index in [1.54, 1.807) is 33.1 Å². The maximum atomic E-state index is 12.4. The van der Waals surface area contributed by atoms with E-state index < -0.39 is 17.2 Å². The van der Waals surface area contributed by atoms with Crippen molar-refractivity contribution < 1.29 is 14.3 Å². The number of fused-ring (bicyclic) bond motifs is 1. The number of methoxy groups -OCH3 is 1. The number of pyridine rings is 1. The predicted octanol–water partition coefficient (Wildman–Crippen LogP) is 1.63. The van der Waals surface area contributed by atoms with Crippen molar-refractivity contribution in [3.8, 4) is 5.75 Å². The Bertz CT molecular complexity index is 1110. The topological polar surface area (TPSA) is 103 Å². The molecule has 0 amide bonds. The Hall–Kier alpha value is -3.42. The van der Waals surface area contributed by atoms with Crippen LogP contribution in [-0.4, -0.2) is 34.2 Å². The van der Waals surface area contributed by atoms with Crippen LogP contribution in [0.4, 0.5) is 0 Å². The van der Waals surface area contributed by atoms with E-state index in [0.29, 0.717) is 11.4 Å². The minimum absolute atomic E-state index is 0.150. The molecule has 140 valence electrons. The smallest absolute Gasteiger partial charge is 0.339 e. The summed E-state index contributed by atoms with van der Waals surface area (Å²) in [6, 6.07) is 8.63. The fraction of sp³-hybridized carbons (Fsp3) is 0.263. The van der Waals surface area contributed by atoms with Gasteiger partial charge in [0.1, 0.15) is 11.4 Å². The Morgan fingerprint density at radius 3 is 2.56 bits per heavy atom. The molecule has 0 atom stereocenters. The van der Waals surface area contributed by atoms with Gasteiger partial charge in [-0.3, -0.25) is 14.3 Å². The van der Waals surface area contributed by atoms with Gasteiger partial charge >= 0.3 is 11.7 Å². The van der Waals surface area contributed by atoms with Crippen LogP contribution in [0.2, 0.25) is 0 Å². The van der Waals surface area contributed by atoms with Crippen LogP contribution in [0.1, 0.15) is 28.5 Å². The second kappa shape index (κ2) is 7.45. The highest BCUT2D eigenvalue weighted by atomic mass is 16.5. The van der Waals surface area contributed by atoms with Crippen LogP contribution < -0.4 is 16.0 Å². The quantitative estimate of drug-likeness (QED) is 0.686. The lowest BCUT2D eigenvalue weighted by atomic mass is 10.1. The third-order valence-electron chi connectivity index (χ3n) is 4.15. The molecule has 2 heterocycles. The van der Waals surface area contributed by atoms with Gasteiger partial charge in [0.05, 0.1) is 36.9 Å². The van der Waals surface area contributed by atoms with E-state index in [0.717, 1.165) is 5.56 Å². The molecule has 0 unspecified atom stereocenters. The number of benzene rings is 1. The molecule has 8 heteroatoms. The second-order valence-electron chi connectivity index (χ2n) is 5.91. The van der Waals surface area contributed by atoms with Gasteiger partial charge in [0.15, 0.2) is 0 Å². The minimum Gasteiger partial charge on any atom is -0.497 e. The molecule has 0 fully saturated rings. The van der Waals surface area contributed by atoms with Crippen molar-refractivity contribution in [1.82, 2.24) is 14.5 Å². The lowest BCUT2D eigenvalue weighted by Crippen LogP contribution is -2.31. The minimum atomic E-state index is -0.598. The van der Waals surface area contributed by atoms with Crippen molar-refractivity contribution in [2.24, 2.45) is 0 Å². The molecule has 0 aliphatic rings. The van der Waals surface area contributed by atoms with Gasteiger partial charge in [-0.05, 0) is 37.6 Å². The van der Waals surface area contributed by atoms with E-state index in [9.17, 15) is 14.4 Å². The van der Waals surface area contributed by atoms with Crippen molar-refractivity contribution >= 4 is 17.0 Å². The van der Waals surface area contributed by atoms with Gasteiger partial charge in [0, 0.05) is 0 Å². The van der Waals surface area contributed by atoms with Gasteiger partial charge in [0.25, 0.3) is 5.56 Å². The Morgan fingerprint density at radius 1 is 1.22 bits per heavy atom. The zero-order chi connectivity index (χ0) is 19.6. The van der Waals surface area contributed by atoms with Gasteiger partial charge in [0.2, 0.25) is 0 Å². The molecule has 2 aromatic heterocycles. The molecule has 0 radical (unpaired) electrons. The first-order valence-electron chi connectivity index (χ1n) is 8.39. The molecule has 8 nitrogen and oxygen atoms in total. The molecule has 3 aromatic rings. The molecule has 1 aromatic carbocycles. The molecule has 3 rings (SSSR count). The largest absolute Gasteiger partial charge is 0.497 e. The maximum absolute atomic E-state index is 12.4. The summed E-state index contributed by atoms with van der Waals surface area (Å²) in [5.41, 5.74) is 0.461. The van der Waals surface area contributed by atoms with Gasteiger partial charge in [-0.15, -0.1) is 0 Å². The summed E-state index contributed by atoms with van der Waals surface area (Å²) >= 11 is 0. The zero-order valence-corrected chi connectivity index (χ0v) is 15.2. The number of aryl methyl sites for hydroxylation is 1. The summed E-state index contributed by atoms with van der Waals surface area (Å²) in [5.74, 6) is 0.141. The first kappa shape index (κ1) is 18.4. The number of carbonyl (C=O) groups excluding carboxylic acids is 1. The highest BCUT2D eigenvalue weighted by Gasteiger charge is 2.17. The lowest BCUT2D eigenvalue weighted by Gasteiger charge is -2.12. The SMILES string of the molecule is CCOC(=O)c1cc2c(=O)[nH]c(=O)n(Cc3ccc(OC)cc3)c2nc1C. The third-order valence-corrected chi connectivity index (χ3v) is 4.15. The number of aromatic nitrogens is 3. The van der Waals surface area contributed by atoms with Crippen molar-refractivity contribution in [1.29, 1.82) is 0 Å². The average Bonchev–Trinajstić information content (AvgIpc) is 2.65. The Morgan fingerprint density at radius 2 is 1.93 bits per heavy atom. The first-order chi connectivity index (χ1) is 12.9. The number of rotatable bonds is 5. The number of carbonyl (C=O) groups is 1. The molecule has 0 saturated heterocycles. The van der Waals surface area contributed by atoms with Crippen LogP contribution in [0.25, 0.3) is 11.0 Å². The summed E-state index contributed by atoms with van der Waals surface area (Å²) in [7, 11) is 1.57. The van der Waals surface area contributed by atoms with Crippen LogP contribution >= 0.6 is 0 Å². The van der Waals surface area contributed by atoms with Gasteiger partial charge < -0.3 is 9.47 Å². The molecule has 0 bridgehead atoms. The molecule has 0 aliphatic heterocycles. The first-order valence-corrected chi connectivity index (χ1v) is 8.39. The molecule has 0 saturated carbocycles. The van der Waals surface area contributed by atoms with E-state index in [4.69, 9.17) is 9.47 Å². The van der Waals surface area contributed by atoms with Crippen LogP contribution in [0.5, 0.6) is 5.75 Å². The Balaban J connectivity index is 2.15. The van der Waals surface area contributed by atoms with Gasteiger partial charge in [-0.1, -0.05) is 12.1 Å². The van der Waals surface area contributed by atoms with Crippen molar-refractivity contribution in [2.75, 3.05) is 13.7 Å². The normalized spacial score (nSPS) is 10.8. The average molecular weight is 369 g/mol. The van der Waals surface area contributed by atoms with Crippen LogP contribution in [0.15, 0.2) is 39.9 Å². The Labute approximate surface area is 154 Å². The molecule has 27 heavy (non-hydrogen) atoms. The van der Waals surface area contributed by atoms with E-state index >= 15 is 0 Å². The lowest BCUT2D eigenvalue weighted by molar-refractivity contribution is 0.0525. The fourth-order valence-electron chi connectivity index (χ4n) is 2.77. The van der Waals surface area contributed by atoms with Crippen LogP contribution in [0.3, 0.4) is 0 Å². The summed E-state index contributed by atoms with van der Waals surface area (Å²) in [6.45, 7) is 3.75. The molecule has 0 spiro atoms. The van der Waals surface area contributed by atoms with Crippen LogP contribution in [0, 0.1) is 6.92 Å². The molecular weight excluding hydrogens is 350 g/mol. The van der Waals surface area contributed by atoms with Crippen molar-refractivity contribution in [3.63, 3.8) is 0 Å². The summed E-state index contributed by atoms with van der Waals surface area (Å²) in [5, 5.41) is 0.150.